The maximum atomic E-state index is 10.7. The van der Waals surface area contributed by atoms with Crippen molar-refractivity contribution in [3.8, 4) is 17.2 Å². The fourth-order valence-electron chi connectivity index (χ4n) is 1.92. The van der Waals surface area contributed by atoms with E-state index in [1.807, 2.05) is 35.9 Å². The number of fused-ring (bicyclic) bond motifs is 1. The minimum Gasteiger partial charge on any atom is -0.481 e. The van der Waals surface area contributed by atoms with Crippen LogP contribution in [0.1, 0.15) is 5.69 Å². The molecule has 0 saturated heterocycles. The Morgan fingerprint density at radius 1 is 1.45 bits per heavy atom. The summed E-state index contributed by atoms with van der Waals surface area (Å²) in [7, 11) is 0. The van der Waals surface area contributed by atoms with Gasteiger partial charge in [0.25, 0.3) is 0 Å². The van der Waals surface area contributed by atoms with Gasteiger partial charge in [0.2, 0.25) is 6.79 Å². The summed E-state index contributed by atoms with van der Waals surface area (Å²) in [5, 5.41) is 9.42. The molecular weight excluding hydrogens is 280 g/mol. The lowest BCUT2D eigenvalue weighted by molar-refractivity contribution is -0.133. The van der Waals surface area contributed by atoms with E-state index >= 15 is 0 Å². The lowest BCUT2D eigenvalue weighted by atomic mass is 10.3. The summed E-state index contributed by atoms with van der Waals surface area (Å²) in [6.45, 7) is 2.09. The molecule has 1 aromatic carbocycles. The van der Waals surface area contributed by atoms with E-state index in [1.165, 1.54) is 11.8 Å². The molecule has 0 fully saturated rings. The summed E-state index contributed by atoms with van der Waals surface area (Å²) >= 11 is 1.18. The molecule has 1 aliphatic heterocycles. The quantitative estimate of drug-likeness (QED) is 0.870. The number of aryl methyl sites for hydroxylation is 1. The van der Waals surface area contributed by atoms with Gasteiger partial charge in [-0.2, -0.15) is 0 Å². The van der Waals surface area contributed by atoms with E-state index in [-0.39, 0.29) is 12.5 Å². The lowest BCUT2D eigenvalue weighted by Gasteiger charge is -2.07. The van der Waals surface area contributed by atoms with Crippen LogP contribution in [-0.4, -0.2) is 33.2 Å². The zero-order valence-electron chi connectivity index (χ0n) is 10.7. The van der Waals surface area contributed by atoms with Crippen molar-refractivity contribution in [2.24, 2.45) is 0 Å². The van der Waals surface area contributed by atoms with Gasteiger partial charge in [0.05, 0.1) is 17.1 Å². The first kappa shape index (κ1) is 12.9. The molecule has 104 valence electrons. The van der Waals surface area contributed by atoms with E-state index in [1.54, 1.807) is 0 Å². The topological polar surface area (TPSA) is 73.6 Å². The molecule has 0 bridgehead atoms. The van der Waals surface area contributed by atoms with Crippen LogP contribution in [0.15, 0.2) is 29.6 Å². The molecule has 0 amide bonds. The van der Waals surface area contributed by atoms with Crippen LogP contribution < -0.4 is 9.47 Å². The number of imidazole rings is 1. The van der Waals surface area contributed by atoms with Gasteiger partial charge in [-0.25, -0.2) is 4.98 Å². The fourth-order valence-corrected chi connectivity index (χ4v) is 2.68. The summed E-state index contributed by atoms with van der Waals surface area (Å²) < 4.78 is 12.5. The Bertz CT molecular complexity index is 668. The number of carboxylic acid groups (broad SMARTS) is 1. The monoisotopic (exact) mass is 292 g/mol. The molecule has 1 aliphatic rings. The zero-order chi connectivity index (χ0) is 14.1. The van der Waals surface area contributed by atoms with Crippen LogP contribution in [-0.2, 0) is 4.79 Å². The molecule has 0 spiro atoms. The molecular formula is C13H12N2O4S. The van der Waals surface area contributed by atoms with Gasteiger partial charge in [-0.1, -0.05) is 11.8 Å². The molecule has 1 aromatic heterocycles. The van der Waals surface area contributed by atoms with E-state index < -0.39 is 5.97 Å². The van der Waals surface area contributed by atoms with Crippen LogP contribution in [0, 0.1) is 6.92 Å². The lowest BCUT2D eigenvalue weighted by Crippen LogP contribution is -2.01. The zero-order valence-corrected chi connectivity index (χ0v) is 11.5. The molecule has 0 aliphatic carbocycles. The molecule has 0 atom stereocenters. The van der Waals surface area contributed by atoms with Crippen molar-refractivity contribution < 1.29 is 19.4 Å². The van der Waals surface area contributed by atoms with Crippen LogP contribution in [0.25, 0.3) is 5.69 Å². The van der Waals surface area contributed by atoms with Gasteiger partial charge < -0.3 is 14.6 Å². The van der Waals surface area contributed by atoms with Gasteiger partial charge in [-0.05, 0) is 19.1 Å². The summed E-state index contributed by atoms with van der Waals surface area (Å²) in [5.41, 5.74) is 1.69. The Kier molecular flexibility index (Phi) is 3.27. The Hall–Kier alpha value is -2.15. The molecule has 2 heterocycles. The number of nitrogens with zero attached hydrogens (tertiary/aromatic N) is 2. The van der Waals surface area contributed by atoms with Crippen molar-refractivity contribution in [2.45, 2.75) is 12.1 Å². The van der Waals surface area contributed by atoms with Crippen LogP contribution in [0.5, 0.6) is 11.5 Å². The number of rotatable bonds is 4. The van der Waals surface area contributed by atoms with E-state index in [9.17, 15) is 4.79 Å². The SMILES string of the molecule is Cc1cn(-c2ccc3c(c2)OCO3)c(SCC(=O)O)n1. The number of ether oxygens (including phenoxy) is 2. The maximum absolute atomic E-state index is 10.7. The largest absolute Gasteiger partial charge is 0.481 e. The standard InChI is InChI=1S/C13H12N2O4S/c1-8-5-15(13(14-8)20-6-12(16)17)9-2-3-10-11(4-9)19-7-18-10/h2-5H,6-7H2,1H3,(H,16,17). The molecule has 0 radical (unpaired) electrons. The highest BCUT2D eigenvalue weighted by Crippen LogP contribution is 2.34. The van der Waals surface area contributed by atoms with Gasteiger partial charge in [-0.15, -0.1) is 0 Å². The van der Waals surface area contributed by atoms with Crippen LogP contribution >= 0.6 is 11.8 Å². The third kappa shape index (κ3) is 2.44. The van der Waals surface area contributed by atoms with Crippen LogP contribution in [0.2, 0.25) is 0 Å². The first-order valence-corrected chi connectivity index (χ1v) is 6.92. The van der Waals surface area contributed by atoms with Crippen molar-refractivity contribution >= 4 is 17.7 Å². The van der Waals surface area contributed by atoms with Gasteiger partial charge in [0.1, 0.15) is 0 Å². The van der Waals surface area contributed by atoms with Crippen molar-refractivity contribution in [1.82, 2.24) is 9.55 Å². The normalized spacial score (nSPS) is 12.7. The van der Waals surface area contributed by atoms with Gasteiger partial charge in [-0.3, -0.25) is 9.36 Å². The molecule has 20 heavy (non-hydrogen) atoms. The van der Waals surface area contributed by atoms with Crippen molar-refractivity contribution in [3.05, 3.63) is 30.1 Å². The molecule has 2 aromatic rings. The minimum absolute atomic E-state index is 0.0268. The summed E-state index contributed by atoms with van der Waals surface area (Å²) in [4.78, 5) is 15.0. The van der Waals surface area contributed by atoms with Crippen molar-refractivity contribution in [2.75, 3.05) is 12.5 Å². The molecule has 6 nitrogen and oxygen atoms in total. The Morgan fingerprint density at radius 3 is 3.05 bits per heavy atom. The smallest absolute Gasteiger partial charge is 0.313 e. The van der Waals surface area contributed by atoms with E-state index in [4.69, 9.17) is 14.6 Å². The summed E-state index contributed by atoms with van der Waals surface area (Å²) in [6, 6.07) is 5.58. The summed E-state index contributed by atoms with van der Waals surface area (Å²) in [6.07, 6.45) is 1.86. The van der Waals surface area contributed by atoms with E-state index in [2.05, 4.69) is 4.98 Å². The number of carbonyl (C=O) groups is 1. The Morgan fingerprint density at radius 2 is 2.25 bits per heavy atom. The van der Waals surface area contributed by atoms with E-state index in [0.717, 1.165) is 11.4 Å². The third-order valence-electron chi connectivity index (χ3n) is 2.75. The highest BCUT2D eigenvalue weighted by Gasteiger charge is 2.16. The van der Waals surface area contributed by atoms with Gasteiger partial charge in [0, 0.05) is 12.3 Å². The number of aromatic nitrogens is 2. The molecule has 3 rings (SSSR count). The summed E-state index contributed by atoms with van der Waals surface area (Å²) in [5.74, 6) is 0.502. The Balaban J connectivity index is 1.95. The van der Waals surface area contributed by atoms with Crippen molar-refractivity contribution in [3.63, 3.8) is 0 Å². The minimum atomic E-state index is -0.868. The average molecular weight is 292 g/mol. The number of carboxylic acids is 1. The van der Waals surface area contributed by atoms with Gasteiger partial charge >= 0.3 is 5.97 Å². The first-order chi connectivity index (χ1) is 9.63. The predicted molar refractivity (Wildman–Crippen MR) is 72.8 cm³/mol. The Labute approximate surface area is 119 Å². The number of aliphatic carboxylic acids is 1. The second-order valence-electron chi connectivity index (χ2n) is 4.25. The third-order valence-corrected chi connectivity index (χ3v) is 3.69. The highest BCUT2D eigenvalue weighted by molar-refractivity contribution is 7.99. The van der Waals surface area contributed by atoms with E-state index in [0.29, 0.717) is 16.7 Å². The predicted octanol–water partition coefficient (Wildman–Crippen LogP) is 2.09. The van der Waals surface area contributed by atoms with Crippen LogP contribution in [0.4, 0.5) is 0 Å². The average Bonchev–Trinajstić information content (AvgIpc) is 3.01. The van der Waals surface area contributed by atoms with Crippen molar-refractivity contribution in [1.29, 1.82) is 0 Å². The number of hydrogen-bond acceptors (Lipinski definition) is 5. The highest BCUT2D eigenvalue weighted by atomic mass is 32.2. The molecule has 7 heteroatoms. The molecule has 0 unspecified atom stereocenters. The number of hydrogen-bond donors (Lipinski definition) is 1. The second kappa shape index (κ2) is 5.09. The number of benzene rings is 1. The maximum Gasteiger partial charge on any atom is 0.313 e. The second-order valence-corrected chi connectivity index (χ2v) is 5.20. The number of thioether (sulfide) groups is 1. The molecule has 0 saturated carbocycles. The fraction of sp³-hybridized carbons (Fsp3) is 0.231. The van der Waals surface area contributed by atoms with Crippen LogP contribution in [0.3, 0.4) is 0 Å². The van der Waals surface area contributed by atoms with Gasteiger partial charge in [0.15, 0.2) is 16.7 Å². The molecule has 1 N–H and O–H groups in total. The first-order valence-electron chi connectivity index (χ1n) is 5.94.